The molecule has 0 aliphatic carbocycles. The van der Waals surface area contributed by atoms with E-state index in [-0.39, 0.29) is 11.8 Å². The lowest BCUT2D eigenvalue weighted by Crippen LogP contribution is -2.44. The number of nitrogens with two attached hydrogens (primary N) is 1. The second kappa shape index (κ2) is 6.40. The molecule has 1 aromatic rings. The summed E-state index contributed by atoms with van der Waals surface area (Å²) in [7, 11) is 0. The summed E-state index contributed by atoms with van der Waals surface area (Å²) < 4.78 is 0. The molecule has 0 radical (unpaired) electrons. The Kier molecular flexibility index (Phi) is 5.16. The van der Waals surface area contributed by atoms with Crippen LogP contribution in [0.2, 0.25) is 0 Å². The Bertz CT molecular complexity index is 348. The van der Waals surface area contributed by atoms with E-state index in [0.29, 0.717) is 12.5 Å². The first-order chi connectivity index (χ1) is 8.02. The van der Waals surface area contributed by atoms with Gasteiger partial charge in [-0.15, -0.1) is 0 Å². The van der Waals surface area contributed by atoms with Crippen molar-refractivity contribution in [3.05, 3.63) is 35.9 Å². The maximum absolute atomic E-state index is 11.7. The molecular formula is C14H22N2O. The fourth-order valence-corrected chi connectivity index (χ4v) is 1.57. The largest absolute Gasteiger partial charge is 0.354 e. The van der Waals surface area contributed by atoms with Crippen LogP contribution in [0.5, 0.6) is 0 Å². The number of rotatable bonds is 5. The van der Waals surface area contributed by atoms with Crippen LogP contribution in [0.15, 0.2) is 30.3 Å². The molecule has 0 saturated heterocycles. The minimum atomic E-state index is -0.419. The van der Waals surface area contributed by atoms with Gasteiger partial charge >= 0.3 is 0 Å². The van der Waals surface area contributed by atoms with Gasteiger partial charge in [0.15, 0.2) is 0 Å². The number of hydrogen-bond donors (Lipinski definition) is 2. The summed E-state index contributed by atoms with van der Waals surface area (Å²) in [6.07, 6.45) is 0. The van der Waals surface area contributed by atoms with Gasteiger partial charge in [-0.1, -0.05) is 51.1 Å². The standard InChI is InChI=1S/C14H22N2O/c1-10(2)13(15)14(17)16-9-11(3)12-7-5-4-6-8-12/h4-8,10-11,13H,9,15H2,1-3H3,(H,16,17)/t11?,13-/m0/s1. The number of nitrogens with one attached hydrogen (secondary N) is 1. The van der Waals surface area contributed by atoms with Crippen molar-refractivity contribution in [2.75, 3.05) is 6.54 Å². The van der Waals surface area contributed by atoms with E-state index in [9.17, 15) is 4.79 Å². The van der Waals surface area contributed by atoms with Crippen molar-refractivity contribution < 1.29 is 4.79 Å². The Morgan fingerprint density at radius 2 is 1.82 bits per heavy atom. The van der Waals surface area contributed by atoms with E-state index in [0.717, 1.165) is 0 Å². The summed E-state index contributed by atoms with van der Waals surface area (Å²) >= 11 is 0. The molecule has 0 aromatic heterocycles. The van der Waals surface area contributed by atoms with Gasteiger partial charge in [-0.05, 0) is 17.4 Å². The Morgan fingerprint density at radius 1 is 1.24 bits per heavy atom. The zero-order valence-electron chi connectivity index (χ0n) is 10.8. The van der Waals surface area contributed by atoms with Gasteiger partial charge in [-0.2, -0.15) is 0 Å². The second-order valence-electron chi connectivity index (χ2n) is 4.83. The summed E-state index contributed by atoms with van der Waals surface area (Å²) in [5.74, 6) is 0.407. The number of carbonyl (C=O) groups excluding carboxylic acids is 1. The van der Waals surface area contributed by atoms with Crippen molar-refractivity contribution in [1.29, 1.82) is 0 Å². The summed E-state index contributed by atoms with van der Waals surface area (Å²) in [6.45, 7) is 6.62. The molecule has 94 valence electrons. The molecule has 0 saturated carbocycles. The van der Waals surface area contributed by atoms with Crippen molar-refractivity contribution in [3.63, 3.8) is 0 Å². The minimum Gasteiger partial charge on any atom is -0.354 e. The van der Waals surface area contributed by atoms with Gasteiger partial charge in [0.1, 0.15) is 0 Å². The average molecular weight is 234 g/mol. The smallest absolute Gasteiger partial charge is 0.237 e. The van der Waals surface area contributed by atoms with Gasteiger partial charge in [0.25, 0.3) is 0 Å². The highest BCUT2D eigenvalue weighted by Gasteiger charge is 2.17. The SMILES string of the molecule is CC(CNC(=O)[C@@H](N)C(C)C)c1ccccc1. The van der Waals surface area contributed by atoms with Crippen LogP contribution >= 0.6 is 0 Å². The van der Waals surface area contributed by atoms with E-state index in [1.807, 2.05) is 32.0 Å². The van der Waals surface area contributed by atoms with Crippen molar-refractivity contribution in [3.8, 4) is 0 Å². The normalized spacial score (nSPS) is 14.4. The number of carbonyl (C=O) groups is 1. The van der Waals surface area contributed by atoms with E-state index in [1.54, 1.807) is 0 Å². The number of hydrogen-bond acceptors (Lipinski definition) is 2. The molecule has 1 aromatic carbocycles. The van der Waals surface area contributed by atoms with Gasteiger partial charge in [-0.25, -0.2) is 0 Å². The average Bonchev–Trinajstić information content (AvgIpc) is 2.35. The Balaban J connectivity index is 2.44. The molecule has 1 unspecified atom stereocenters. The molecule has 0 aliphatic heterocycles. The molecule has 3 nitrogen and oxygen atoms in total. The Hall–Kier alpha value is -1.35. The maximum atomic E-state index is 11.7. The van der Waals surface area contributed by atoms with Crippen molar-refractivity contribution >= 4 is 5.91 Å². The van der Waals surface area contributed by atoms with E-state index < -0.39 is 6.04 Å². The van der Waals surface area contributed by atoms with E-state index >= 15 is 0 Å². The zero-order valence-corrected chi connectivity index (χ0v) is 10.8. The van der Waals surface area contributed by atoms with Crippen LogP contribution in [-0.4, -0.2) is 18.5 Å². The Morgan fingerprint density at radius 3 is 2.35 bits per heavy atom. The second-order valence-corrected chi connectivity index (χ2v) is 4.83. The van der Waals surface area contributed by atoms with Gasteiger partial charge < -0.3 is 11.1 Å². The van der Waals surface area contributed by atoms with Gasteiger partial charge in [0.05, 0.1) is 6.04 Å². The number of amides is 1. The van der Waals surface area contributed by atoms with Crippen LogP contribution < -0.4 is 11.1 Å². The summed E-state index contributed by atoms with van der Waals surface area (Å²) in [5, 5.41) is 2.90. The molecule has 3 N–H and O–H groups in total. The minimum absolute atomic E-state index is 0.0669. The molecule has 2 atom stereocenters. The lowest BCUT2D eigenvalue weighted by molar-refractivity contribution is -0.123. The predicted octanol–water partition coefficient (Wildman–Crippen LogP) is 1.89. The van der Waals surface area contributed by atoms with Crippen LogP contribution in [-0.2, 0) is 4.79 Å². The monoisotopic (exact) mass is 234 g/mol. The maximum Gasteiger partial charge on any atom is 0.237 e. The summed E-state index contributed by atoms with van der Waals surface area (Å²) in [5.41, 5.74) is 7.00. The highest BCUT2D eigenvalue weighted by Crippen LogP contribution is 2.13. The zero-order chi connectivity index (χ0) is 12.8. The molecule has 0 heterocycles. The summed E-state index contributed by atoms with van der Waals surface area (Å²) in [6, 6.07) is 9.72. The van der Waals surface area contributed by atoms with Crippen LogP contribution in [0.1, 0.15) is 32.3 Å². The predicted molar refractivity (Wildman–Crippen MR) is 70.7 cm³/mol. The van der Waals surface area contributed by atoms with Gasteiger partial charge in [-0.3, -0.25) is 4.79 Å². The molecule has 1 rings (SSSR count). The van der Waals surface area contributed by atoms with E-state index in [2.05, 4.69) is 24.4 Å². The molecular weight excluding hydrogens is 212 g/mol. The first-order valence-corrected chi connectivity index (χ1v) is 6.10. The fraction of sp³-hybridized carbons (Fsp3) is 0.500. The summed E-state index contributed by atoms with van der Waals surface area (Å²) in [4.78, 5) is 11.7. The molecule has 0 fully saturated rings. The molecule has 17 heavy (non-hydrogen) atoms. The third-order valence-corrected chi connectivity index (χ3v) is 2.97. The lowest BCUT2D eigenvalue weighted by atomic mass is 10.0. The van der Waals surface area contributed by atoms with Crippen molar-refractivity contribution in [2.24, 2.45) is 11.7 Å². The van der Waals surface area contributed by atoms with Crippen molar-refractivity contribution in [2.45, 2.75) is 32.7 Å². The highest BCUT2D eigenvalue weighted by molar-refractivity contribution is 5.81. The van der Waals surface area contributed by atoms with Gasteiger partial charge in [0.2, 0.25) is 5.91 Å². The molecule has 0 spiro atoms. The van der Waals surface area contributed by atoms with E-state index in [4.69, 9.17) is 5.73 Å². The molecule has 3 heteroatoms. The topological polar surface area (TPSA) is 55.1 Å². The van der Waals surface area contributed by atoms with Crippen LogP contribution in [0.25, 0.3) is 0 Å². The van der Waals surface area contributed by atoms with Crippen LogP contribution in [0.3, 0.4) is 0 Å². The van der Waals surface area contributed by atoms with E-state index in [1.165, 1.54) is 5.56 Å². The Labute approximate surface area is 103 Å². The quantitative estimate of drug-likeness (QED) is 0.817. The molecule has 0 aliphatic rings. The number of benzene rings is 1. The molecule has 1 amide bonds. The lowest BCUT2D eigenvalue weighted by Gasteiger charge is -2.18. The molecule has 0 bridgehead atoms. The first kappa shape index (κ1) is 13.7. The fourth-order valence-electron chi connectivity index (χ4n) is 1.57. The van der Waals surface area contributed by atoms with Crippen LogP contribution in [0, 0.1) is 5.92 Å². The van der Waals surface area contributed by atoms with Crippen LogP contribution in [0.4, 0.5) is 0 Å². The van der Waals surface area contributed by atoms with Crippen molar-refractivity contribution in [1.82, 2.24) is 5.32 Å². The van der Waals surface area contributed by atoms with Gasteiger partial charge in [0, 0.05) is 6.54 Å². The highest BCUT2D eigenvalue weighted by atomic mass is 16.2. The third-order valence-electron chi connectivity index (χ3n) is 2.97. The third kappa shape index (κ3) is 4.19. The first-order valence-electron chi connectivity index (χ1n) is 6.10.